The lowest BCUT2D eigenvalue weighted by Gasteiger charge is -2.36. The molecule has 28 heavy (non-hydrogen) atoms. The van der Waals surface area contributed by atoms with E-state index in [1.807, 2.05) is 0 Å². The minimum absolute atomic E-state index is 0.00596. The summed E-state index contributed by atoms with van der Waals surface area (Å²) in [6, 6.07) is 4.46. The average Bonchev–Trinajstić information content (AvgIpc) is 2.88. The number of halogens is 1. The molecule has 10 heteroatoms. The Labute approximate surface area is 168 Å². The molecular formula is C18H24FN3O4SSi. The van der Waals surface area contributed by atoms with Crippen LogP contribution in [0.15, 0.2) is 28.4 Å². The number of rotatable bonds is 6. The van der Waals surface area contributed by atoms with Crippen LogP contribution >= 0.6 is 11.8 Å². The molecule has 0 spiro atoms. The molecule has 1 fully saturated rings. The molecule has 1 atom stereocenters. The van der Waals surface area contributed by atoms with Crippen molar-refractivity contribution < 1.29 is 23.5 Å². The van der Waals surface area contributed by atoms with Crippen molar-refractivity contribution in [3.63, 3.8) is 0 Å². The van der Waals surface area contributed by atoms with Crippen LogP contribution in [-0.2, 0) is 9.59 Å². The number of carbonyl (C=O) groups is 2. The standard InChI is InChI=1S/C18H24FN3O4SSi/c1-18(2,3)28(4,5)26-12-6-7-13(19)11(8-12)10-20-22-17-21-16(25)14(27-17)9-15(23)24/h6-8,10,14H,9H2,1-5H3,(H,23,24)(H,21,22,25). The lowest BCUT2D eigenvalue weighted by Crippen LogP contribution is -2.43. The summed E-state index contributed by atoms with van der Waals surface area (Å²) in [6.45, 7) is 10.6. The van der Waals surface area contributed by atoms with Gasteiger partial charge in [-0.1, -0.05) is 32.5 Å². The number of nitrogens with zero attached hydrogens (tertiary/aromatic N) is 2. The third kappa shape index (κ3) is 5.65. The lowest BCUT2D eigenvalue weighted by molar-refractivity contribution is -0.138. The van der Waals surface area contributed by atoms with E-state index in [2.05, 4.69) is 49.4 Å². The number of amidine groups is 1. The Bertz CT molecular complexity index is 837. The van der Waals surface area contributed by atoms with Gasteiger partial charge >= 0.3 is 5.97 Å². The molecule has 1 amide bonds. The molecule has 0 bridgehead atoms. The first-order valence-electron chi connectivity index (χ1n) is 8.68. The zero-order chi connectivity index (χ0) is 21.1. The van der Waals surface area contributed by atoms with E-state index in [1.165, 1.54) is 12.3 Å². The summed E-state index contributed by atoms with van der Waals surface area (Å²) in [5.41, 5.74) is 0.206. The highest BCUT2D eigenvalue weighted by Crippen LogP contribution is 2.37. The summed E-state index contributed by atoms with van der Waals surface area (Å²) in [6.07, 6.45) is 0.929. The molecule has 0 aromatic heterocycles. The van der Waals surface area contributed by atoms with Crippen LogP contribution in [0.3, 0.4) is 0 Å². The van der Waals surface area contributed by atoms with Gasteiger partial charge in [-0.05, 0) is 36.3 Å². The minimum Gasteiger partial charge on any atom is -0.543 e. The number of hydrogen-bond acceptors (Lipinski definition) is 6. The van der Waals surface area contributed by atoms with E-state index in [9.17, 15) is 14.0 Å². The maximum absolute atomic E-state index is 14.1. The molecule has 0 aliphatic carbocycles. The van der Waals surface area contributed by atoms with Crippen molar-refractivity contribution in [2.75, 3.05) is 0 Å². The largest absolute Gasteiger partial charge is 0.543 e. The van der Waals surface area contributed by atoms with Gasteiger partial charge in [0.25, 0.3) is 0 Å². The Morgan fingerprint density at radius 2 is 2.11 bits per heavy atom. The highest BCUT2D eigenvalue weighted by Gasteiger charge is 2.39. The fraction of sp³-hybridized carbons (Fsp3) is 0.444. The van der Waals surface area contributed by atoms with Crippen LogP contribution in [0.5, 0.6) is 5.75 Å². The van der Waals surface area contributed by atoms with Crippen LogP contribution in [0.25, 0.3) is 0 Å². The first-order chi connectivity index (χ1) is 12.9. The van der Waals surface area contributed by atoms with E-state index in [1.54, 1.807) is 12.1 Å². The van der Waals surface area contributed by atoms with E-state index in [-0.39, 0.29) is 22.2 Å². The Balaban J connectivity index is 2.12. The van der Waals surface area contributed by atoms with E-state index in [4.69, 9.17) is 9.53 Å². The molecule has 7 nitrogen and oxygen atoms in total. The lowest BCUT2D eigenvalue weighted by atomic mass is 10.2. The Morgan fingerprint density at radius 3 is 2.71 bits per heavy atom. The molecule has 2 rings (SSSR count). The van der Waals surface area contributed by atoms with Gasteiger partial charge in [-0.3, -0.25) is 9.59 Å². The highest BCUT2D eigenvalue weighted by atomic mass is 32.2. The normalized spacial score (nSPS) is 19.3. The zero-order valence-electron chi connectivity index (χ0n) is 16.4. The number of benzene rings is 1. The van der Waals surface area contributed by atoms with Gasteiger partial charge in [0, 0.05) is 5.56 Å². The molecule has 1 saturated heterocycles. The average molecular weight is 426 g/mol. The Morgan fingerprint density at radius 1 is 1.43 bits per heavy atom. The third-order valence-corrected chi connectivity index (χ3v) is 10.1. The fourth-order valence-electron chi connectivity index (χ4n) is 2.02. The van der Waals surface area contributed by atoms with Gasteiger partial charge in [0.05, 0.1) is 12.6 Å². The maximum Gasteiger partial charge on any atom is 0.305 e. The van der Waals surface area contributed by atoms with Gasteiger partial charge in [-0.15, -0.1) is 5.10 Å². The number of carbonyl (C=O) groups excluding carboxylic acids is 1. The number of thioether (sulfide) groups is 1. The van der Waals surface area contributed by atoms with Gasteiger partial charge in [-0.2, -0.15) is 5.10 Å². The van der Waals surface area contributed by atoms with Crippen molar-refractivity contribution in [1.82, 2.24) is 5.32 Å². The number of amides is 1. The summed E-state index contributed by atoms with van der Waals surface area (Å²) in [7, 11) is -2.06. The van der Waals surface area contributed by atoms with Crippen molar-refractivity contribution in [3.05, 3.63) is 29.6 Å². The highest BCUT2D eigenvalue weighted by molar-refractivity contribution is 8.15. The molecule has 1 unspecified atom stereocenters. The second kappa shape index (κ2) is 8.44. The smallest absolute Gasteiger partial charge is 0.305 e. The molecule has 1 aromatic rings. The second-order valence-electron chi connectivity index (χ2n) is 7.89. The molecule has 1 aromatic carbocycles. The van der Waals surface area contributed by atoms with Crippen molar-refractivity contribution in [2.24, 2.45) is 10.2 Å². The third-order valence-electron chi connectivity index (χ3n) is 4.63. The van der Waals surface area contributed by atoms with Gasteiger partial charge < -0.3 is 14.8 Å². The summed E-state index contributed by atoms with van der Waals surface area (Å²) < 4.78 is 20.2. The van der Waals surface area contributed by atoms with Crippen molar-refractivity contribution in [1.29, 1.82) is 0 Å². The van der Waals surface area contributed by atoms with Gasteiger partial charge in [0.1, 0.15) is 16.8 Å². The summed E-state index contributed by atoms with van der Waals surface area (Å²) >= 11 is 0.982. The number of hydrogen-bond donors (Lipinski definition) is 2. The van der Waals surface area contributed by atoms with E-state index in [0.29, 0.717) is 5.75 Å². The molecule has 1 aliphatic heterocycles. The number of carboxylic acids is 1. The first kappa shape index (κ1) is 22.1. The van der Waals surface area contributed by atoms with Crippen LogP contribution in [-0.4, -0.2) is 41.9 Å². The SMILES string of the molecule is CC(C)(C)[Si](C)(C)Oc1ccc(F)c(C=NN=C2NC(=O)C(CC(=O)O)S2)c1. The van der Waals surface area contributed by atoms with E-state index >= 15 is 0 Å². The van der Waals surface area contributed by atoms with Crippen molar-refractivity contribution in [2.45, 2.75) is 50.6 Å². The monoisotopic (exact) mass is 425 g/mol. The molecule has 1 heterocycles. The molecular weight excluding hydrogens is 401 g/mol. The maximum atomic E-state index is 14.1. The zero-order valence-corrected chi connectivity index (χ0v) is 18.3. The van der Waals surface area contributed by atoms with Crippen molar-refractivity contribution in [3.8, 4) is 5.75 Å². The number of carboxylic acid groups (broad SMARTS) is 1. The number of nitrogens with one attached hydrogen (secondary N) is 1. The molecule has 0 saturated carbocycles. The molecule has 152 valence electrons. The predicted molar refractivity (Wildman–Crippen MR) is 111 cm³/mol. The first-order valence-corrected chi connectivity index (χ1v) is 12.5. The quantitative estimate of drug-likeness (QED) is 0.412. The van der Waals surface area contributed by atoms with Crippen LogP contribution in [0, 0.1) is 5.82 Å². The Hall–Kier alpha value is -2.20. The van der Waals surface area contributed by atoms with Crippen molar-refractivity contribution >= 4 is 43.3 Å². The predicted octanol–water partition coefficient (Wildman–Crippen LogP) is 3.61. The van der Waals surface area contributed by atoms with Gasteiger partial charge in [0.2, 0.25) is 14.2 Å². The summed E-state index contributed by atoms with van der Waals surface area (Å²) in [4.78, 5) is 22.4. The number of aliphatic carboxylic acids is 1. The summed E-state index contributed by atoms with van der Waals surface area (Å²) in [5, 5.41) is 18.3. The van der Waals surface area contributed by atoms with E-state index in [0.717, 1.165) is 11.8 Å². The summed E-state index contributed by atoms with van der Waals surface area (Å²) in [5.74, 6) is -1.42. The molecule has 2 N–H and O–H groups in total. The Kier molecular flexibility index (Phi) is 6.66. The van der Waals surface area contributed by atoms with Gasteiger partial charge in [0.15, 0.2) is 5.17 Å². The van der Waals surface area contributed by atoms with Crippen LogP contribution in [0.2, 0.25) is 18.1 Å². The van der Waals surface area contributed by atoms with E-state index < -0.39 is 31.3 Å². The second-order valence-corrected chi connectivity index (χ2v) is 13.8. The molecule has 0 radical (unpaired) electrons. The topological polar surface area (TPSA) is 100 Å². The minimum atomic E-state index is -2.06. The van der Waals surface area contributed by atoms with Crippen LogP contribution < -0.4 is 9.74 Å². The fourth-order valence-corrected chi connectivity index (χ4v) is 3.96. The van der Waals surface area contributed by atoms with Crippen LogP contribution in [0.1, 0.15) is 32.8 Å². The van der Waals surface area contributed by atoms with Gasteiger partial charge in [-0.25, -0.2) is 4.39 Å². The van der Waals surface area contributed by atoms with Crippen LogP contribution in [0.4, 0.5) is 4.39 Å². The molecule has 1 aliphatic rings.